The van der Waals surface area contributed by atoms with Crippen LogP contribution >= 0.6 is 11.3 Å². The van der Waals surface area contributed by atoms with Gasteiger partial charge in [-0.3, -0.25) is 9.59 Å². The zero-order chi connectivity index (χ0) is 28.3. The number of amides is 2. The Bertz CT molecular complexity index is 1430. The van der Waals surface area contributed by atoms with Crippen LogP contribution in [0.1, 0.15) is 34.7 Å². The van der Waals surface area contributed by atoms with Crippen molar-refractivity contribution in [1.82, 2.24) is 20.4 Å². The molecule has 2 heterocycles. The molecule has 13 heteroatoms. The van der Waals surface area contributed by atoms with Crippen LogP contribution in [0.4, 0.5) is 24.1 Å². The quantitative estimate of drug-likeness (QED) is 0.221. The number of carbonyl (C=O) groups is 2. The lowest BCUT2D eigenvalue weighted by Gasteiger charge is -2.06. The van der Waals surface area contributed by atoms with E-state index in [0.29, 0.717) is 35.1 Å². The minimum atomic E-state index is -0.939. The van der Waals surface area contributed by atoms with E-state index in [1.807, 2.05) is 0 Å². The molecule has 0 saturated heterocycles. The van der Waals surface area contributed by atoms with Crippen molar-refractivity contribution < 1.29 is 27.5 Å². The summed E-state index contributed by atoms with van der Waals surface area (Å²) >= 11 is 1.24. The zero-order valence-electron chi connectivity index (χ0n) is 21.2. The highest BCUT2D eigenvalue weighted by atomic mass is 32.1. The number of hydrogen-bond acceptors (Lipinski definition) is 8. The Labute approximate surface area is 231 Å². The third kappa shape index (κ3) is 9.12. The normalized spacial score (nSPS) is 10.8. The van der Waals surface area contributed by atoms with Crippen LogP contribution in [0, 0.1) is 11.6 Å². The van der Waals surface area contributed by atoms with Gasteiger partial charge in [0.05, 0.1) is 18.5 Å². The molecule has 2 aromatic carbocycles. The second kappa shape index (κ2) is 14.1. The van der Waals surface area contributed by atoms with Gasteiger partial charge in [-0.1, -0.05) is 23.5 Å². The monoisotopic (exact) mass is 570 g/mol. The summed E-state index contributed by atoms with van der Waals surface area (Å²) in [5, 5.41) is 22.6. The molecule has 0 fully saturated rings. The molecule has 208 valence electrons. The summed E-state index contributed by atoms with van der Waals surface area (Å²) in [5.74, 6) is -1.52. The molecule has 0 saturated carbocycles. The maximum atomic E-state index is 13.3. The summed E-state index contributed by atoms with van der Waals surface area (Å²) < 4.78 is 43.7. The Kier molecular flexibility index (Phi) is 10.1. The second-order valence-electron chi connectivity index (χ2n) is 8.75. The van der Waals surface area contributed by atoms with Crippen LogP contribution in [-0.2, 0) is 35.3 Å². The van der Waals surface area contributed by atoms with E-state index in [9.17, 15) is 22.8 Å². The van der Waals surface area contributed by atoms with Crippen LogP contribution in [0.3, 0.4) is 0 Å². The van der Waals surface area contributed by atoms with Crippen molar-refractivity contribution in [3.05, 3.63) is 88.1 Å². The number of benzene rings is 2. The highest BCUT2D eigenvalue weighted by Crippen LogP contribution is 2.19. The Hall–Kier alpha value is -4.39. The van der Waals surface area contributed by atoms with Gasteiger partial charge in [0.25, 0.3) is 0 Å². The van der Waals surface area contributed by atoms with E-state index in [-0.39, 0.29) is 24.3 Å². The second-order valence-corrected chi connectivity index (χ2v) is 9.81. The van der Waals surface area contributed by atoms with Crippen LogP contribution in [-0.4, -0.2) is 39.1 Å². The molecule has 0 radical (unpaired) electrons. The number of hydrogen-bond donors (Lipinski definition) is 2. The highest BCUT2D eigenvalue weighted by molar-refractivity contribution is 7.15. The van der Waals surface area contributed by atoms with E-state index in [2.05, 4.69) is 31.0 Å². The van der Waals surface area contributed by atoms with E-state index in [0.717, 1.165) is 41.7 Å². The lowest BCUT2D eigenvalue weighted by molar-refractivity contribution is -0.116. The molecular formula is C27H25F3N6O3S. The van der Waals surface area contributed by atoms with E-state index in [1.54, 1.807) is 36.4 Å². The fraction of sp³-hybridized carbons (Fsp3) is 0.259. The zero-order valence-corrected chi connectivity index (χ0v) is 22.0. The SMILES string of the molecule is O=C(Cc1cccc(OCF)c1)Nc1ccc(CCCCc2nnc(NC(=O)Cc3cc(F)cc(F)c3)s2)nn1. The highest BCUT2D eigenvalue weighted by Gasteiger charge is 2.11. The Balaban J connectivity index is 1.16. The van der Waals surface area contributed by atoms with E-state index >= 15 is 0 Å². The fourth-order valence-electron chi connectivity index (χ4n) is 3.79. The van der Waals surface area contributed by atoms with Crippen LogP contribution in [0.2, 0.25) is 0 Å². The molecule has 2 aromatic heterocycles. The number of nitrogens with one attached hydrogen (secondary N) is 2. The standard InChI is InChI=1S/C27H25F3N6O3S/c28-16-39-22-6-3-4-17(12-22)13-24(37)31-23-9-8-21(33-34-23)5-1-2-7-26-35-36-27(40-26)32-25(38)14-18-10-19(29)15-20(30)11-18/h3-4,6,8-12,15H,1-2,5,7,13-14,16H2,(H,31,34,37)(H,32,36,38). The number of halogens is 3. The number of rotatable bonds is 13. The molecule has 0 bridgehead atoms. The minimum Gasteiger partial charge on any atom is -0.463 e. The molecule has 4 rings (SSSR count). The predicted octanol–water partition coefficient (Wildman–Crippen LogP) is 4.84. The molecule has 0 aliphatic rings. The summed E-state index contributed by atoms with van der Waals surface area (Å²) in [5.41, 5.74) is 1.68. The third-order valence-corrected chi connectivity index (χ3v) is 6.44. The molecular weight excluding hydrogens is 545 g/mol. The van der Waals surface area contributed by atoms with Crippen molar-refractivity contribution in [3.63, 3.8) is 0 Å². The average molecular weight is 571 g/mol. The van der Waals surface area contributed by atoms with Crippen molar-refractivity contribution in [2.75, 3.05) is 17.5 Å². The van der Waals surface area contributed by atoms with Crippen LogP contribution in [0.15, 0.2) is 54.6 Å². The molecule has 2 N–H and O–H groups in total. The smallest absolute Gasteiger partial charge is 0.230 e. The van der Waals surface area contributed by atoms with Crippen LogP contribution < -0.4 is 15.4 Å². The summed E-state index contributed by atoms with van der Waals surface area (Å²) in [6.45, 7) is -0.939. The van der Waals surface area contributed by atoms with Crippen molar-refractivity contribution in [1.29, 1.82) is 0 Å². The van der Waals surface area contributed by atoms with Gasteiger partial charge in [-0.2, -0.15) is 5.10 Å². The largest absolute Gasteiger partial charge is 0.463 e. The van der Waals surface area contributed by atoms with Crippen molar-refractivity contribution >= 4 is 34.1 Å². The summed E-state index contributed by atoms with van der Waals surface area (Å²) in [7, 11) is 0. The van der Waals surface area contributed by atoms with Gasteiger partial charge in [0.15, 0.2) is 5.82 Å². The van der Waals surface area contributed by atoms with Gasteiger partial charge in [-0.15, -0.1) is 15.3 Å². The van der Waals surface area contributed by atoms with E-state index in [4.69, 9.17) is 4.74 Å². The number of anilines is 2. The van der Waals surface area contributed by atoms with E-state index in [1.165, 1.54) is 11.3 Å². The molecule has 2 amide bonds. The maximum absolute atomic E-state index is 13.3. The molecule has 9 nitrogen and oxygen atoms in total. The first-order valence-corrected chi connectivity index (χ1v) is 13.2. The first-order valence-electron chi connectivity index (χ1n) is 12.3. The van der Waals surface area contributed by atoms with Gasteiger partial charge in [-0.05, 0) is 66.8 Å². The van der Waals surface area contributed by atoms with Gasteiger partial charge in [0, 0.05) is 12.5 Å². The molecule has 0 spiro atoms. The number of nitrogens with zero attached hydrogens (tertiary/aromatic N) is 4. The minimum absolute atomic E-state index is 0.0803. The first-order chi connectivity index (χ1) is 19.4. The molecule has 0 aliphatic heterocycles. The Morgan fingerprint density at radius 3 is 2.30 bits per heavy atom. The lowest BCUT2D eigenvalue weighted by Crippen LogP contribution is -2.16. The van der Waals surface area contributed by atoms with Gasteiger partial charge in [0.1, 0.15) is 22.4 Å². The number of aromatic nitrogens is 4. The van der Waals surface area contributed by atoms with Crippen LogP contribution in [0.5, 0.6) is 5.75 Å². The molecule has 0 unspecified atom stereocenters. The van der Waals surface area contributed by atoms with Gasteiger partial charge in [0.2, 0.25) is 23.8 Å². The lowest BCUT2D eigenvalue weighted by atomic mass is 10.1. The summed E-state index contributed by atoms with van der Waals surface area (Å²) in [6, 6.07) is 13.1. The first kappa shape index (κ1) is 28.6. The van der Waals surface area contributed by atoms with E-state index < -0.39 is 24.4 Å². The van der Waals surface area contributed by atoms with Crippen molar-refractivity contribution in [2.24, 2.45) is 0 Å². The Morgan fingerprint density at radius 2 is 1.55 bits per heavy atom. The van der Waals surface area contributed by atoms with Gasteiger partial charge < -0.3 is 15.4 Å². The molecule has 40 heavy (non-hydrogen) atoms. The topological polar surface area (TPSA) is 119 Å². The van der Waals surface area contributed by atoms with Crippen molar-refractivity contribution in [2.45, 2.75) is 38.5 Å². The molecule has 0 aliphatic carbocycles. The maximum Gasteiger partial charge on any atom is 0.230 e. The molecule has 0 atom stereocenters. The summed E-state index contributed by atoms with van der Waals surface area (Å²) in [6.07, 6.45) is 2.84. The predicted molar refractivity (Wildman–Crippen MR) is 143 cm³/mol. The number of alkyl halides is 1. The number of unbranched alkanes of at least 4 members (excludes halogenated alkanes) is 1. The summed E-state index contributed by atoms with van der Waals surface area (Å²) in [4.78, 5) is 24.5. The average Bonchev–Trinajstić information content (AvgIpc) is 3.34. The van der Waals surface area contributed by atoms with Crippen molar-refractivity contribution in [3.8, 4) is 5.75 Å². The number of carbonyl (C=O) groups excluding carboxylic acids is 2. The Morgan fingerprint density at radius 1 is 0.800 bits per heavy atom. The van der Waals surface area contributed by atoms with Gasteiger partial charge >= 0.3 is 0 Å². The fourth-order valence-corrected chi connectivity index (χ4v) is 4.59. The number of ether oxygens (including phenoxy) is 1. The third-order valence-electron chi connectivity index (χ3n) is 5.55. The van der Waals surface area contributed by atoms with Crippen LogP contribution in [0.25, 0.3) is 0 Å². The number of aryl methyl sites for hydroxylation is 2. The molecule has 4 aromatic rings. The van der Waals surface area contributed by atoms with Gasteiger partial charge in [-0.25, -0.2) is 13.2 Å².